The van der Waals surface area contributed by atoms with Crippen molar-refractivity contribution in [2.24, 2.45) is 0 Å². The van der Waals surface area contributed by atoms with E-state index in [0.29, 0.717) is 23.3 Å². The Bertz CT molecular complexity index is 912. The van der Waals surface area contributed by atoms with E-state index >= 15 is 0 Å². The van der Waals surface area contributed by atoms with Crippen LogP contribution in [-0.4, -0.2) is 23.8 Å². The van der Waals surface area contributed by atoms with Gasteiger partial charge in [0.2, 0.25) is 0 Å². The first-order valence-corrected chi connectivity index (χ1v) is 9.65. The summed E-state index contributed by atoms with van der Waals surface area (Å²) in [6, 6.07) is 11.5. The summed E-state index contributed by atoms with van der Waals surface area (Å²) in [5.41, 5.74) is 2.66. The normalized spacial score (nSPS) is 11.4. The molecular formula is C25H30O4. The van der Waals surface area contributed by atoms with Gasteiger partial charge in [0.1, 0.15) is 22.7 Å². The molecule has 1 N–H and O–H groups in total. The highest BCUT2D eigenvalue weighted by atomic mass is 16.6. The maximum atomic E-state index is 12.9. The SMILES string of the molecule is COc1cc(C=Cc2ccccc2)c(C(=O)OC(C)(C)C)c(O)c1CC=C(C)C. The van der Waals surface area contributed by atoms with Gasteiger partial charge in [-0.2, -0.15) is 0 Å². The van der Waals surface area contributed by atoms with E-state index < -0.39 is 11.6 Å². The van der Waals surface area contributed by atoms with E-state index in [4.69, 9.17) is 9.47 Å². The van der Waals surface area contributed by atoms with Crippen molar-refractivity contribution in [2.45, 2.75) is 46.6 Å². The van der Waals surface area contributed by atoms with Crippen LogP contribution in [0, 0.1) is 0 Å². The largest absolute Gasteiger partial charge is 0.507 e. The Kier molecular flexibility index (Phi) is 7.27. The predicted molar refractivity (Wildman–Crippen MR) is 118 cm³/mol. The fraction of sp³-hybridized carbons (Fsp3) is 0.320. The number of rotatable bonds is 6. The molecule has 0 bridgehead atoms. The molecule has 0 saturated carbocycles. The van der Waals surface area contributed by atoms with E-state index in [0.717, 1.165) is 11.1 Å². The molecule has 0 aliphatic rings. The maximum absolute atomic E-state index is 12.9. The van der Waals surface area contributed by atoms with Gasteiger partial charge < -0.3 is 14.6 Å². The molecule has 0 spiro atoms. The van der Waals surface area contributed by atoms with Crippen molar-refractivity contribution in [1.82, 2.24) is 0 Å². The fourth-order valence-electron chi connectivity index (χ4n) is 2.82. The van der Waals surface area contributed by atoms with Gasteiger partial charge in [0.15, 0.2) is 0 Å². The molecule has 2 aromatic rings. The quantitative estimate of drug-likeness (QED) is 0.369. The minimum atomic E-state index is -0.677. The van der Waals surface area contributed by atoms with Crippen LogP contribution in [0.5, 0.6) is 11.5 Å². The smallest absolute Gasteiger partial charge is 0.343 e. The van der Waals surface area contributed by atoms with Gasteiger partial charge in [-0.15, -0.1) is 0 Å². The minimum Gasteiger partial charge on any atom is -0.507 e. The lowest BCUT2D eigenvalue weighted by molar-refractivity contribution is 0.00664. The number of phenols is 1. The minimum absolute atomic E-state index is 0.108. The second kappa shape index (κ2) is 9.46. The number of methoxy groups -OCH3 is 1. The molecule has 2 aromatic carbocycles. The summed E-state index contributed by atoms with van der Waals surface area (Å²) in [6.45, 7) is 9.36. The fourth-order valence-corrected chi connectivity index (χ4v) is 2.82. The van der Waals surface area contributed by atoms with Gasteiger partial charge >= 0.3 is 5.97 Å². The summed E-state index contributed by atoms with van der Waals surface area (Å²) >= 11 is 0. The van der Waals surface area contributed by atoms with Crippen molar-refractivity contribution in [3.8, 4) is 11.5 Å². The Balaban J connectivity index is 2.63. The van der Waals surface area contributed by atoms with E-state index in [1.807, 2.05) is 56.3 Å². The molecule has 29 heavy (non-hydrogen) atoms. The number of esters is 1. The molecule has 2 rings (SSSR count). The monoisotopic (exact) mass is 394 g/mol. The molecule has 0 amide bonds. The third-order valence-electron chi connectivity index (χ3n) is 4.19. The first-order chi connectivity index (χ1) is 13.6. The number of hydrogen-bond donors (Lipinski definition) is 1. The van der Waals surface area contributed by atoms with Crippen LogP contribution in [0.2, 0.25) is 0 Å². The van der Waals surface area contributed by atoms with Crippen LogP contribution in [0.25, 0.3) is 12.2 Å². The number of carbonyl (C=O) groups is 1. The highest BCUT2D eigenvalue weighted by Gasteiger charge is 2.26. The van der Waals surface area contributed by atoms with Crippen molar-refractivity contribution in [3.63, 3.8) is 0 Å². The van der Waals surface area contributed by atoms with Gasteiger partial charge in [-0.25, -0.2) is 4.79 Å². The standard InChI is InChI=1S/C25H30O4/c1-17(2)12-15-20-21(28-6)16-19(14-13-18-10-8-7-9-11-18)22(23(20)26)24(27)29-25(3,4)5/h7-14,16,26H,15H2,1-6H3. The van der Waals surface area contributed by atoms with Crippen molar-refractivity contribution in [1.29, 1.82) is 0 Å². The van der Waals surface area contributed by atoms with Crippen molar-refractivity contribution in [3.05, 3.63) is 70.3 Å². The van der Waals surface area contributed by atoms with E-state index in [2.05, 4.69) is 0 Å². The van der Waals surface area contributed by atoms with Gasteiger partial charge in [0.05, 0.1) is 7.11 Å². The maximum Gasteiger partial charge on any atom is 0.343 e. The van der Waals surface area contributed by atoms with Gasteiger partial charge in [-0.1, -0.05) is 54.1 Å². The van der Waals surface area contributed by atoms with E-state index in [9.17, 15) is 9.90 Å². The molecule has 0 aliphatic heterocycles. The van der Waals surface area contributed by atoms with Gasteiger partial charge in [0.25, 0.3) is 0 Å². The Morgan fingerprint density at radius 3 is 2.31 bits per heavy atom. The molecule has 4 nitrogen and oxygen atoms in total. The van der Waals surface area contributed by atoms with Gasteiger partial charge in [0, 0.05) is 5.56 Å². The first-order valence-electron chi connectivity index (χ1n) is 9.65. The highest BCUT2D eigenvalue weighted by molar-refractivity contribution is 5.99. The first kappa shape index (κ1) is 22.3. The second-order valence-electron chi connectivity index (χ2n) is 8.10. The lowest BCUT2D eigenvalue weighted by atomic mass is 9.97. The summed E-state index contributed by atoms with van der Waals surface area (Å²) in [5, 5.41) is 11.0. The van der Waals surface area contributed by atoms with E-state index in [1.54, 1.807) is 40.0 Å². The number of phenolic OH excluding ortho intramolecular Hbond substituents is 1. The molecule has 0 heterocycles. The molecule has 0 unspecified atom stereocenters. The van der Waals surface area contributed by atoms with Crippen LogP contribution in [-0.2, 0) is 11.2 Å². The summed E-state index contributed by atoms with van der Waals surface area (Å²) in [5.74, 6) is -0.146. The third kappa shape index (κ3) is 6.24. The predicted octanol–water partition coefficient (Wildman–Crippen LogP) is 6.04. The van der Waals surface area contributed by atoms with E-state index in [-0.39, 0.29) is 11.3 Å². The third-order valence-corrected chi connectivity index (χ3v) is 4.19. The number of allylic oxidation sites excluding steroid dienone is 2. The Morgan fingerprint density at radius 2 is 1.76 bits per heavy atom. The molecule has 4 heteroatoms. The van der Waals surface area contributed by atoms with Crippen molar-refractivity contribution >= 4 is 18.1 Å². The molecule has 0 fully saturated rings. The molecule has 0 aromatic heterocycles. The zero-order valence-corrected chi connectivity index (χ0v) is 18.1. The zero-order valence-electron chi connectivity index (χ0n) is 18.1. The van der Waals surface area contributed by atoms with Crippen LogP contribution < -0.4 is 4.74 Å². The molecule has 0 aliphatic carbocycles. The van der Waals surface area contributed by atoms with Crippen LogP contribution in [0.15, 0.2) is 48.0 Å². The van der Waals surface area contributed by atoms with Crippen molar-refractivity contribution in [2.75, 3.05) is 7.11 Å². The zero-order chi connectivity index (χ0) is 21.6. The molecule has 154 valence electrons. The average Bonchev–Trinajstić information content (AvgIpc) is 2.64. The number of ether oxygens (including phenoxy) is 2. The van der Waals surface area contributed by atoms with Crippen molar-refractivity contribution < 1.29 is 19.4 Å². The molecule has 0 atom stereocenters. The van der Waals surface area contributed by atoms with Gasteiger partial charge in [-0.3, -0.25) is 0 Å². The van der Waals surface area contributed by atoms with Crippen LogP contribution in [0.1, 0.15) is 61.7 Å². The lowest BCUT2D eigenvalue weighted by Crippen LogP contribution is -2.24. The summed E-state index contributed by atoms with van der Waals surface area (Å²) < 4.78 is 11.1. The number of carbonyl (C=O) groups excluding carboxylic acids is 1. The van der Waals surface area contributed by atoms with Crippen LogP contribution in [0.3, 0.4) is 0 Å². The highest BCUT2D eigenvalue weighted by Crippen LogP contribution is 2.37. The molecular weight excluding hydrogens is 364 g/mol. The number of aromatic hydroxyl groups is 1. The van der Waals surface area contributed by atoms with Crippen LogP contribution in [0.4, 0.5) is 0 Å². The molecule has 0 saturated heterocycles. The Labute approximate surface area is 173 Å². The Morgan fingerprint density at radius 1 is 1.10 bits per heavy atom. The average molecular weight is 395 g/mol. The summed E-state index contributed by atoms with van der Waals surface area (Å²) in [6.07, 6.45) is 6.12. The lowest BCUT2D eigenvalue weighted by Gasteiger charge is -2.22. The van der Waals surface area contributed by atoms with E-state index in [1.165, 1.54) is 0 Å². The number of benzene rings is 2. The second-order valence-corrected chi connectivity index (χ2v) is 8.10. The van der Waals surface area contributed by atoms with Crippen LogP contribution >= 0.6 is 0 Å². The van der Waals surface area contributed by atoms with Gasteiger partial charge in [-0.05, 0) is 58.2 Å². The molecule has 0 radical (unpaired) electrons. The summed E-state index contributed by atoms with van der Waals surface area (Å²) in [4.78, 5) is 12.9. The number of hydrogen-bond acceptors (Lipinski definition) is 4. The summed E-state index contributed by atoms with van der Waals surface area (Å²) in [7, 11) is 1.55. The Hall–Kier alpha value is -3.01. The topological polar surface area (TPSA) is 55.8 Å².